The number of imidazole rings is 1. The first-order valence-electron chi connectivity index (χ1n) is 7.16. The van der Waals surface area contributed by atoms with Gasteiger partial charge in [0.15, 0.2) is 11.5 Å². The number of fused-ring (bicyclic) bond motifs is 1. The van der Waals surface area contributed by atoms with Gasteiger partial charge in [-0.1, -0.05) is 0 Å². The fraction of sp³-hybridized carbons (Fsp3) is 0.176. The Morgan fingerprint density at radius 3 is 2.74 bits per heavy atom. The molecule has 0 aliphatic rings. The van der Waals surface area contributed by atoms with E-state index in [1.54, 1.807) is 19.2 Å². The van der Waals surface area contributed by atoms with E-state index in [4.69, 9.17) is 14.6 Å². The first-order valence-corrected chi connectivity index (χ1v) is 7.16. The number of aromatic carboxylic acids is 1. The first kappa shape index (κ1) is 14.9. The second kappa shape index (κ2) is 6.00. The van der Waals surface area contributed by atoms with Crippen LogP contribution in [-0.4, -0.2) is 34.8 Å². The average Bonchev–Trinajstić information content (AvgIpc) is 2.98. The summed E-state index contributed by atoms with van der Waals surface area (Å²) in [6.45, 7) is 2.43. The lowest BCUT2D eigenvalue weighted by Crippen LogP contribution is -1.95. The third-order valence-electron chi connectivity index (χ3n) is 3.47. The van der Waals surface area contributed by atoms with Gasteiger partial charge in [-0.05, 0) is 43.3 Å². The number of hydrogen-bond donors (Lipinski definition) is 2. The number of nitrogens with zero attached hydrogens (tertiary/aromatic N) is 1. The molecule has 6 nitrogen and oxygen atoms in total. The van der Waals surface area contributed by atoms with Crippen molar-refractivity contribution in [2.24, 2.45) is 0 Å². The number of aromatic nitrogens is 2. The molecule has 0 bridgehead atoms. The van der Waals surface area contributed by atoms with Crippen LogP contribution in [0.2, 0.25) is 0 Å². The molecule has 0 saturated carbocycles. The highest BCUT2D eigenvalue weighted by Crippen LogP contribution is 2.32. The van der Waals surface area contributed by atoms with Crippen LogP contribution in [0.5, 0.6) is 11.5 Å². The van der Waals surface area contributed by atoms with E-state index < -0.39 is 5.97 Å². The highest BCUT2D eigenvalue weighted by Gasteiger charge is 2.11. The van der Waals surface area contributed by atoms with Crippen molar-refractivity contribution in [1.29, 1.82) is 0 Å². The smallest absolute Gasteiger partial charge is 0.335 e. The van der Waals surface area contributed by atoms with Gasteiger partial charge in [-0.25, -0.2) is 9.78 Å². The summed E-state index contributed by atoms with van der Waals surface area (Å²) in [5.74, 6) is 0.969. The molecule has 118 valence electrons. The zero-order chi connectivity index (χ0) is 16.4. The Kier molecular flexibility index (Phi) is 3.89. The topological polar surface area (TPSA) is 84.4 Å². The molecular weight excluding hydrogens is 296 g/mol. The molecule has 0 unspecified atom stereocenters. The van der Waals surface area contributed by atoms with Gasteiger partial charge >= 0.3 is 5.97 Å². The van der Waals surface area contributed by atoms with Crippen LogP contribution in [0, 0.1) is 0 Å². The third kappa shape index (κ3) is 2.83. The Morgan fingerprint density at radius 1 is 1.22 bits per heavy atom. The molecular formula is C17H16N2O4. The quantitative estimate of drug-likeness (QED) is 0.755. The summed E-state index contributed by atoms with van der Waals surface area (Å²) in [6, 6.07) is 10.3. The van der Waals surface area contributed by atoms with E-state index in [0.29, 0.717) is 35.0 Å². The van der Waals surface area contributed by atoms with Crippen molar-refractivity contribution in [3.05, 3.63) is 42.0 Å². The average molecular weight is 312 g/mol. The van der Waals surface area contributed by atoms with Gasteiger partial charge in [0.1, 0.15) is 5.82 Å². The van der Waals surface area contributed by atoms with Crippen molar-refractivity contribution >= 4 is 17.0 Å². The number of benzene rings is 2. The molecule has 3 aromatic rings. The van der Waals surface area contributed by atoms with Gasteiger partial charge in [0.05, 0.1) is 30.3 Å². The molecule has 0 atom stereocenters. The zero-order valence-electron chi connectivity index (χ0n) is 12.8. The number of hydrogen-bond acceptors (Lipinski definition) is 4. The first-order chi connectivity index (χ1) is 11.1. The molecule has 1 heterocycles. The van der Waals surface area contributed by atoms with Crippen molar-refractivity contribution in [2.75, 3.05) is 13.7 Å². The van der Waals surface area contributed by atoms with Crippen LogP contribution in [0.15, 0.2) is 36.4 Å². The molecule has 0 spiro atoms. The Balaban J connectivity index is 2.05. The lowest BCUT2D eigenvalue weighted by atomic mass is 10.2. The Hall–Kier alpha value is -3.02. The second-order valence-corrected chi connectivity index (χ2v) is 4.92. The fourth-order valence-electron chi connectivity index (χ4n) is 2.37. The molecule has 3 rings (SSSR count). The maximum absolute atomic E-state index is 11.0. The summed E-state index contributed by atoms with van der Waals surface area (Å²) in [5, 5.41) is 9.06. The number of carbonyl (C=O) groups is 1. The molecule has 0 radical (unpaired) electrons. The summed E-state index contributed by atoms with van der Waals surface area (Å²) in [6.07, 6.45) is 0. The number of carboxylic acids is 1. The molecule has 0 fully saturated rings. The van der Waals surface area contributed by atoms with E-state index in [1.807, 2.05) is 25.1 Å². The van der Waals surface area contributed by atoms with E-state index in [9.17, 15) is 4.79 Å². The summed E-state index contributed by atoms with van der Waals surface area (Å²) >= 11 is 0. The summed E-state index contributed by atoms with van der Waals surface area (Å²) in [5.41, 5.74) is 2.44. The number of methoxy groups -OCH3 is 1. The van der Waals surface area contributed by atoms with Crippen molar-refractivity contribution < 1.29 is 19.4 Å². The normalized spacial score (nSPS) is 10.7. The number of ether oxygens (including phenoxy) is 2. The standard InChI is InChI=1S/C17H16N2O4/c1-3-23-15-9-10(5-7-14(15)22-2)16-18-12-6-4-11(17(20)21)8-13(12)19-16/h4-9H,3H2,1-2H3,(H,18,19)(H,20,21). The van der Waals surface area contributed by atoms with E-state index in [0.717, 1.165) is 5.56 Å². The highest BCUT2D eigenvalue weighted by molar-refractivity contribution is 5.93. The van der Waals surface area contributed by atoms with Gasteiger partial charge in [0.25, 0.3) is 0 Å². The number of rotatable bonds is 5. The van der Waals surface area contributed by atoms with Crippen molar-refractivity contribution in [3.63, 3.8) is 0 Å². The number of nitrogens with one attached hydrogen (secondary N) is 1. The van der Waals surface area contributed by atoms with E-state index in [1.165, 1.54) is 6.07 Å². The molecule has 1 aromatic heterocycles. The van der Waals surface area contributed by atoms with Crippen LogP contribution in [0.3, 0.4) is 0 Å². The van der Waals surface area contributed by atoms with Crippen molar-refractivity contribution in [1.82, 2.24) is 9.97 Å². The molecule has 2 N–H and O–H groups in total. The zero-order valence-corrected chi connectivity index (χ0v) is 12.8. The maximum atomic E-state index is 11.0. The minimum Gasteiger partial charge on any atom is -0.493 e. The van der Waals surface area contributed by atoms with Gasteiger partial charge in [-0.3, -0.25) is 0 Å². The van der Waals surface area contributed by atoms with Gasteiger partial charge < -0.3 is 19.6 Å². The molecule has 0 aliphatic heterocycles. The van der Waals surface area contributed by atoms with Gasteiger partial charge in [0.2, 0.25) is 0 Å². The predicted octanol–water partition coefficient (Wildman–Crippen LogP) is 3.34. The van der Waals surface area contributed by atoms with Crippen LogP contribution < -0.4 is 9.47 Å². The largest absolute Gasteiger partial charge is 0.493 e. The van der Waals surface area contributed by atoms with E-state index in [-0.39, 0.29) is 5.56 Å². The summed E-state index contributed by atoms with van der Waals surface area (Å²) < 4.78 is 10.8. The van der Waals surface area contributed by atoms with E-state index >= 15 is 0 Å². The van der Waals surface area contributed by atoms with E-state index in [2.05, 4.69) is 9.97 Å². The summed E-state index contributed by atoms with van der Waals surface area (Å²) in [4.78, 5) is 18.7. The number of carboxylic acid groups (broad SMARTS) is 1. The number of aromatic amines is 1. The molecule has 23 heavy (non-hydrogen) atoms. The molecule has 0 saturated heterocycles. The fourth-order valence-corrected chi connectivity index (χ4v) is 2.37. The minimum atomic E-state index is -0.967. The minimum absolute atomic E-state index is 0.220. The molecule has 0 amide bonds. The van der Waals surface area contributed by atoms with Crippen molar-refractivity contribution in [2.45, 2.75) is 6.92 Å². The Bertz CT molecular complexity index is 870. The lowest BCUT2D eigenvalue weighted by Gasteiger charge is -2.10. The van der Waals surface area contributed by atoms with Gasteiger partial charge in [-0.2, -0.15) is 0 Å². The van der Waals surface area contributed by atoms with Gasteiger partial charge in [0, 0.05) is 5.56 Å². The Labute approximate surface area is 132 Å². The maximum Gasteiger partial charge on any atom is 0.335 e. The monoisotopic (exact) mass is 312 g/mol. The molecule has 0 aliphatic carbocycles. The van der Waals surface area contributed by atoms with Crippen LogP contribution in [0.25, 0.3) is 22.4 Å². The van der Waals surface area contributed by atoms with Gasteiger partial charge in [-0.15, -0.1) is 0 Å². The summed E-state index contributed by atoms with van der Waals surface area (Å²) in [7, 11) is 1.59. The lowest BCUT2D eigenvalue weighted by molar-refractivity contribution is 0.0697. The van der Waals surface area contributed by atoms with Crippen LogP contribution in [0.4, 0.5) is 0 Å². The predicted molar refractivity (Wildman–Crippen MR) is 86.2 cm³/mol. The highest BCUT2D eigenvalue weighted by atomic mass is 16.5. The Morgan fingerprint density at radius 2 is 2.04 bits per heavy atom. The third-order valence-corrected chi connectivity index (χ3v) is 3.47. The second-order valence-electron chi connectivity index (χ2n) is 4.92. The van der Waals surface area contributed by atoms with Crippen LogP contribution >= 0.6 is 0 Å². The van der Waals surface area contributed by atoms with Crippen LogP contribution in [-0.2, 0) is 0 Å². The van der Waals surface area contributed by atoms with Crippen molar-refractivity contribution in [3.8, 4) is 22.9 Å². The van der Waals surface area contributed by atoms with Crippen LogP contribution in [0.1, 0.15) is 17.3 Å². The molecule has 6 heteroatoms. The molecule has 2 aromatic carbocycles. The number of H-pyrrole nitrogens is 1. The SMILES string of the molecule is CCOc1cc(-c2nc3ccc(C(=O)O)cc3[nH]2)ccc1OC.